The molecule has 1 amide bonds. The summed E-state index contributed by atoms with van der Waals surface area (Å²) >= 11 is 0. The zero-order valence-electron chi connectivity index (χ0n) is 13.4. The Kier molecular flexibility index (Phi) is 4.76. The highest BCUT2D eigenvalue weighted by Crippen LogP contribution is 2.20. The van der Waals surface area contributed by atoms with Gasteiger partial charge in [0.1, 0.15) is 11.6 Å². The van der Waals surface area contributed by atoms with Crippen LogP contribution in [0.1, 0.15) is 10.4 Å². The Hall–Kier alpha value is -2.47. The first-order valence-electron chi connectivity index (χ1n) is 7.82. The molecule has 0 unspecified atom stereocenters. The minimum atomic E-state index is -0.773. The number of anilines is 2. The molecule has 1 aliphatic heterocycles. The molecule has 1 aliphatic rings. The van der Waals surface area contributed by atoms with E-state index in [4.69, 9.17) is 0 Å². The maximum Gasteiger partial charge on any atom is 0.255 e. The molecule has 1 saturated heterocycles. The topological polar surface area (TPSA) is 35.6 Å². The van der Waals surface area contributed by atoms with Gasteiger partial charge in [0.15, 0.2) is 0 Å². The van der Waals surface area contributed by atoms with E-state index in [0.717, 1.165) is 50.1 Å². The summed E-state index contributed by atoms with van der Waals surface area (Å²) in [6.45, 7) is 3.96. The monoisotopic (exact) mass is 331 g/mol. The summed E-state index contributed by atoms with van der Waals surface area (Å²) < 4.78 is 26.4. The summed E-state index contributed by atoms with van der Waals surface area (Å²) in [5.74, 6) is -2.09. The van der Waals surface area contributed by atoms with Crippen LogP contribution in [0, 0.1) is 11.6 Å². The molecule has 0 aliphatic carbocycles. The first-order valence-corrected chi connectivity index (χ1v) is 7.82. The van der Waals surface area contributed by atoms with Crippen LogP contribution in [0.3, 0.4) is 0 Å². The Morgan fingerprint density at radius 3 is 2.12 bits per heavy atom. The maximum absolute atomic E-state index is 13.2. The van der Waals surface area contributed by atoms with Crippen molar-refractivity contribution in [3.8, 4) is 0 Å². The van der Waals surface area contributed by atoms with Crippen molar-refractivity contribution in [3.63, 3.8) is 0 Å². The second-order valence-electron chi connectivity index (χ2n) is 5.95. The molecule has 0 saturated carbocycles. The van der Waals surface area contributed by atoms with Gasteiger partial charge in [0.2, 0.25) is 0 Å². The van der Waals surface area contributed by atoms with Crippen LogP contribution < -0.4 is 10.2 Å². The van der Waals surface area contributed by atoms with Gasteiger partial charge in [-0.25, -0.2) is 8.78 Å². The average molecular weight is 331 g/mol. The number of nitrogens with one attached hydrogen (secondary N) is 1. The molecule has 0 spiro atoms. The van der Waals surface area contributed by atoms with Crippen molar-refractivity contribution in [2.24, 2.45) is 0 Å². The van der Waals surface area contributed by atoms with E-state index in [9.17, 15) is 13.6 Å². The molecule has 2 aromatic carbocycles. The smallest absolute Gasteiger partial charge is 0.255 e. The highest BCUT2D eigenvalue weighted by molar-refractivity contribution is 6.04. The number of amides is 1. The van der Waals surface area contributed by atoms with Gasteiger partial charge in [-0.2, -0.15) is 0 Å². The van der Waals surface area contributed by atoms with Gasteiger partial charge >= 0.3 is 0 Å². The zero-order chi connectivity index (χ0) is 17.1. The van der Waals surface area contributed by atoms with Crippen LogP contribution in [0.2, 0.25) is 0 Å². The molecule has 24 heavy (non-hydrogen) atoms. The number of rotatable bonds is 3. The fourth-order valence-corrected chi connectivity index (χ4v) is 2.71. The van der Waals surface area contributed by atoms with Crippen molar-refractivity contribution in [1.82, 2.24) is 4.90 Å². The van der Waals surface area contributed by atoms with E-state index in [-0.39, 0.29) is 5.56 Å². The SMILES string of the molecule is CN1CCN(c2ccc(NC(=O)c3cc(F)cc(F)c3)cc2)CC1. The van der Waals surface area contributed by atoms with Crippen molar-refractivity contribution in [2.75, 3.05) is 43.4 Å². The number of benzene rings is 2. The molecule has 1 heterocycles. The molecule has 6 heteroatoms. The lowest BCUT2D eigenvalue weighted by atomic mass is 10.2. The van der Waals surface area contributed by atoms with Crippen LogP contribution in [0.25, 0.3) is 0 Å². The number of halogens is 2. The Labute approximate surface area is 139 Å². The number of nitrogens with zero attached hydrogens (tertiary/aromatic N) is 2. The van der Waals surface area contributed by atoms with Gasteiger partial charge in [-0.05, 0) is 43.4 Å². The Morgan fingerprint density at radius 1 is 0.958 bits per heavy atom. The summed E-state index contributed by atoms with van der Waals surface area (Å²) in [6.07, 6.45) is 0. The Bertz CT molecular complexity index is 705. The predicted molar refractivity (Wildman–Crippen MR) is 90.5 cm³/mol. The quantitative estimate of drug-likeness (QED) is 0.939. The average Bonchev–Trinajstić information content (AvgIpc) is 2.55. The second-order valence-corrected chi connectivity index (χ2v) is 5.95. The molecule has 4 nitrogen and oxygen atoms in total. The van der Waals surface area contributed by atoms with Crippen molar-refractivity contribution in [2.45, 2.75) is 0 Å². The number of carbonyl (C=O) groups excluding carboxylic acids is 1. The van der Waals surface area contributed by atoms with Crippen molar-refractivity contribution < 1.29 is 13.6 Å². The number of hydrogen-bond donors (Lipinski definition) is 1. The molecular formula is C18H19F2N3O. The van der Waals surface area contributed by atoms with Gasteiger partial charge in [-0.1, -0.05) is 0 Å². The number of carbonyl (C=O) groups is 1. The van der Waals surface area contributed by atoms with Crippen LogP contribution in [-0.4, -0.2) is 44.0 Å². The van der Waals surface area contributed by atoms with E-state index < -0.39 is 17.5 Å². The van der Waals surface area contributed by atoms with Crippen molar-refractivity contribution in [1.29, 1.82) is 0 Å². The molecule has 0 radical (unpaired) electrons. The van der Waals surface area contributed by atoms with Crippen LogP contribution >= 0.6 is 0 Å². The summed E-state index contributed by atoms with van der Waals surface area (Å²) in [6, 6.07) is 10.2. The van der Waals surface area contributed by atoms with Gasteiger partial charge in [0, 0.05) is 49.2 Å². The molecule has 3 rings (SSSR count). The molecule has 0 atom stereocenters. The van der Waals surface area contributed by atoms with E-state index >= 15 is 0 Å². The molecule has 1 fully saturated rings. The lowest BCUT2D eigenvalue weighted by Gasteiger charge is -2.34. The second kappa shape index (κ2) is 6.97. The van der Waals surface area contributed by atoms with Crippen LogP contribution in [0.15, 0.2) is 42.5 Å². The first-order chi connectivity index (χ1) is 11.5. The first kappa shape index (κ1) is 16.4. The summed E-state index contributed by atoms with van der Waals surface area (Å²) in [5.41, 5.74) is 1.64. The third-order valence-electron chi connectivity index (χ3n) is 4.12. The van der Waals surface area contributed by atoms with Crippen LogP contribution in [0.5, 0.6) is 0 Å². The van der Waals surface area contributed by atoms with E-state index in [2.05, 4.69) is 22.2 Å². The molecule has 0 aromatic heterocycles. The molecule has 1 N–H and O–H groups in total. The van der Waals surface area contributed by atoms with E-state index in [1.807, 2.05) is 12.1 Å². The largest absolute Gasteiger partial charge is 0.369 e. The van der Waals surface area contributed by atoms with Gasteiger partial charge in [-0.3, -0.25) is 4.79 Å². The standard InChI is InChI=1S/C18H19F2N3O/c1-22-6-8-23(9-7-22)17-4-2-16(3-5-17)21-18(24)13-10-14(19)12-15(20)11-13/h2-5,10-12H,6-9H2,1H3,(H,21,24). The van der Waals surface area contributed by atoms with Crippen LogP contribution in [0.4, 0.5) is 20.2 Å². The minimum absolute atomic E-state index is 0.0457. The lowest BCUT2D eigenvalue weighted by molar-refractivity contribution is 0.102. The maximum atomic E-state index is 13.2. The number of hydrogen-bond acceptors (Lipinski definition) is 3. The van der Waals surface area contributed by atoms with Crippen molar-refractivity contribution in [3.05, 3.63) is 59.7 Å². The molecule has 2 aromatic rings. The highest BCUT2D eigenvalue weighted by atomic mass is 19.1. The van der Waals surface area contributed by atoms with Crippen molar-refractivity contribution >= 4 is 17.3 Å². The van der Waals surface area contributed by atoms with E-state index in [1.165, 1.54) is 0 Å². The summed E-state index contributed by atoms with van der Waals surface area (Å²) in [4.78, 5) is 16.6. The van der Waals surface area contributed by atoms with E-state index in [0.29, 0.717) is 5.69 Å². The zero-order valence-corrected chi connectivity index (χ0v) is 13.4. The van der Waals surface area contributed by atoms with Gasteiger partial charge in [0.25, 0.3) is 5.91 Å². The summed E-state index contributed by atoms with van der Waals surface area (Å²) in [7, 11) is 2.10. The number of piperazine rings is 1. The third-order valence-corrected chi connectivity index (χ3v) is 4.12. The van der Waals surface area contributed by atoms with Crippen LogP contribution in [-0.2, 0) is 0 Å². The predicted octanol–water partition coefficient (Wildman–Crippen LogP) is 2.97. The molecule has 0 bridgehead atoms. The lowest BCUT2D eigenvalue weighted by Crippen LogP contribution is -2.44. The van der Waals surface area contributed by atoms with Gasteiger partial charge in [0.05, 0.1) is 0 Å². The molecular weight excluding hydrogens is 312 g/mol. The summed E-state index contributed by atoms with van der Waals surface area (Å²) in [5, 5.41) is 2.65. The Morgan fingerprint density at radius 2 is 1.54 bits per heavy atom. The highest BCUT2D eigenvalue weighted by Gasteiger charge is 2.14. The fourth-order valence-electron chi connectivity index (χ4n) is 2.71. The van der Waals surface area contributed by atoms with E-state index in [1.54, 1.807) is 12.1 Å². The molecule has 126 valence electrons. The minimum Gasteiger partial charge on any atom is -0.369 e. The number of likely N-dealkylation sites (N-methyl/N-ethyl adjacent to an activating group) is 1. The van der Waals surface area contributed by atoms with Gasteiger partial charge < -0.3 is 15.1 Å². The normalized spacial score (nSPS) is 15.4. The third kappa shape index (κ3) is 3.89. The van der Waals surface area contributed by atoms with Gasteiger partial charge in [-0.15, -0.1) is 0 Å². The fraction of sp³-hybridized carbons (Fsp3) is 0.278. The Balaban J connectivity index is 1.66.